The molecule has 0 heterocycles. The summed E-state index contributed by atoms with van der Waals surface area (Å²) in [6, 6.07) is 4.74. The Morgan fingerprint density at radius 1 is 0.672 bits per heavy atom. The minimum atomic E-state index is -3.94. The zero-order chi connectivity index (χ0) is 44.2. The molecule has 7 unspecified atom stereocenters. The van der Waals surface area contributed by atoms with Gasteiger partial charge < -0.3 is 43.7 Å². The van der Waals surface area contributed by atoms with Crippen molar-refractivity contribution < 1.29 is 43.8 Å². The number of rotatable bonds is 25. The molecule has 0 saturated heterocycles. The molecule has 15 nitrogen and oxygen atoms in total. The fourth-order valence-electron chi connectivity index (χ4n) is 7.74. The molecular formula is C43H64N6O9. The van der Waals surface area contributed by atoms with Crippen LogP contribution in [0.15, 0.2) is 54.6 Å². The molecule has 0 aliphatic carbocycles. The first kappa shape index (κ1) is 49.5. The average molecular weight is 809 g/mol. The van der Waals surface area contributed by atoms with E-state index >= 15 is 24.0 Å². The summed E-state index contributed by atoms with van der Waals surface area (Å²) in [6.07, 6.45) is 0.510. The van der Waals surface area contributed by atoms with Crippen LogP contribution in [0.1, 0.15) is 97.6 Å². The number of carboxylic acid groups (broad SMARTS) is 1. The Kier molecular flexibility index (Phi) is 18.2. The number of nitrogens with two attached hydrogens (primary N) is 5. The smallest absolute Gasteiger partial charge is 0.339 e. The van der Waals surface area contributed by atoms with Gasteiger partial charge in [0, 0.05) is 5.41 Å². The number of aldehydes is 1. The van der Waals surface area contributed by atoms with E-state index < -0.39 is 88.1 Å². The monoisotopic (exact) mass is 808 g/mol. The molecule has 2 aromatic rings. The Balaban J connectivity index is 3.45. The van der Waals surface area contributed by atoms with Crippen LogP contribution < -0.4 is 28.7 Å². The number of carboxylic acids is 1. The number of hydrogen-bond acceptors (Lipinski definition) is 13. The summed E-state index contributed by atoms with van der Waals surface area (Å²) in [5, 5.41) is 21.8. The van der Waals surface area contributed by atoms with Crippen molar-refractivity contribution in [3.63, 3.8) is 0 Å². The molecule has 2 amide bonds. The van der Waals surface area contributed by atoms with Crippen molar-refractivity contribution in [2.75, 3.05) is 0 Å². The van der Waals surface area contributed by atoms with Gasteiger partial charge in [-0.05, 0) is 61.3 Å². The fourth-order valence-corrected chi connectivity index (χ4v) is 7.74. The zero-order valence-electron chi connectivity index (χ0n) is 34.7. The number of ketones is 3. The van der Waals surface area contributed by atoms with Gasteiger partial charge in [-0.3, -0.25) is 28.9 Å². The molecule has 2 rings (SSSR count). The molecule has 0 aliphatic heterocycles. The van der Waals surface area contributed by atoms with Gasteiger partial charge in [-0.25, -0.2) is 4.79 Å². The topological polar surface area (TPSA) is 293 Å². The maximum absolute atomic E-state index is 15.8. The van der Waals surface area contributed by atoms with Gasteiger partial charge in [-0.2, -0.15) is 0 Å². The van der Waals surface area contributed by atoms with Gasteiger partial charge in [0.15, 0.2) is 17.3 Å². The predicted molar refractivity (Wildman–Crippen MR) is 220 cm³/mol. The Morgan fingerprint density at radius 2 is 1.14 bits per heavy atom. The molecule has 0 saturated carbocycles. The van der Waals surface area contributed by atoms with Crippen LogP contribution in [0.3, 0.4) is 0 Å². The number of phenols is 1. The molecule has 0 bridgehead atoms. The molecule has 15 heteroatoms. The molecule has 2 aromatic carbocycles. The summed E-state index contributed by atoms with van der Waals surface area (Å²) in [5.74, 6) is -10.2. The highest BCUT2D eigenvalue weighted by molar-refractivity contribution is 6.29. The van der Waals surface area contributed by atoms with E-state index in [0.29, 0.717) is 36.8 Å². The van der Waals surface area contributed by atoms with Gasteiger partial charge in [0.1, 0.15) is 17.5 Å². The Labute approximate surface area is 341 Å². The molecule has 12 N–H and O–H groups in total. The number of benzene rings is 2. The number of carbonyl (C=O) groups excluding carboxylic acids is 6. The molecular weight excluding hydrogens is 745 g/mol. The summed E-state index contributed by atoms with van der Waals surface area (Å²) in [4.78, 5) is 106. The average Bonchev–Trinajstić information content (AvgIpc) is 3.18. The van der Waals surface area contributed by atoms with E-state index in [1.54, 1.807) is 58.0 Å². The van der Waals surface area contributed by atoms with Crippen molar-refractivity contribution in [1.82, 2.24) is 4.90 Å². The molecule has 0 fully saturated rings. The van der Waals surface area contributed by atoms with Crippen LogP contribution in [-0.4, -0.2) is 92.3 Å². The Morgan fingerprint density at radius 3 is 1.62 bits per heavy atom. The zero-order valence-corrected chi connectivity index (χ0v) is 34.7. The van der Waals surface area contributed by atoms with Crippen LogP contribution in [0.4, 0.5) is 0 Å². The van der Waals surface area contributed by atoms with Crippen molar-refractivity contribution >= 4 is 41.4 Å². The van der Waals surface area contributed by atoms with E-state index in [0.717, 1.165) is 13.8 Å². The highest BCUT2D eigenvalue weighted by atomic mass is 16.4. The number of amides is 2. The number of nitrogens with zero attached hydrogens (tertiary/aromatic N) is 1. The highest BCUT2D eigenvalue weighted by Crippen LogP contribution is 2.54. The van der Waals surface area contributed by atoms with Gasteiger partial charge in [-0.1, -0.05) is 110 Å². The van der Waals surface area contributed by atoms with E-state index in [9.17, 15) is 19.8 Å². The molecule has 58 heavy (non-hydrogen) atoms. The third-order valence-electron chi connectivity index (χ3n) is 10.8. The number of Topliss-reactive ketones (excluding diaryl/α,β-unsaturated/α-hetero) is 3. The van der Waals surface area contributed by atoms with Crippen LogP contribution in [0.5, 0.6) is 5.75 Å². The molecule has 320 valence electrons. The second kappa shape index (κ2) is 21.4. The summed E-state index contributed by atoms with van der Waals surface area (Å²) in [6.45, 7) is 9.13. The highest BCUT2D eigenvalue weighted by Gasteiger charge is 2.80. The molecule has 0 aromatic heterocycles. The molecule has 7 atom stereocenters. The van der Waals surface area contributed by atoms with Crippen LogP contribution in [-0.2, 0) is 46.4 Å². The van der Waals surface area contributed by atoms with Gasteiger partial charge in [0.2, 0.25) is 17.4 Å². The van der Waals surface area contributed by atoms with Crippen LogP contribution in [0.25, 0.3) is 0 Å². The van der Waals surface area contributed by atoms with E-state index in [4.69, 9.17) is 28.7 Å². The summed E-state index contributed by atoms with van der Waals surface area (Å²) in [5.41, 5.74) is 23.6. The molecule has 0 spiro atoms. The quantitative estimate of drug-likeness (QED) is 0.0560. The van der Waals surface area contributed by atoms with Crippen molar-refractivity contribution in [2.45, 2.75) is 135 Å². The van der Waals surface area contributed by atoms with Crippen molar-refractivity contribution in [3.05, 3.63) is 65.7 Å². The standard InChI is InChI=1S/C43H64N6O9/c1-7-9-16-30(44)35(52)42(41(5,6)25-50,36(53)32(46)22-26(3)4)43(40(57)58,37(54)33(47)23-27-14-12-11-13-15-27)49(38(55)31(45)17-10-8-2)39(56)34(48)24-28-18-20-29(51)21-19-28/h11-15,18-21,25-26,30-34,51H,7-10,16-17,22-24,44-48H2,1-6H3,(H,57,58). The minimum absolute atomic E-state index is 0.0314. The first-order chi connectivity index (χ1) is 27.1. The third-order valence-corrected chi connectivity index (χ3v) is 10.8. The van der Waals surface area contributed by atoms with Crippen molar-refractivity contribution in [2.24, 2.45) is 45.4 Å². The van der Waals surface area contributed by atoms with E-state index in [1.165, 1.54) is 24.3 Å². The Hall–Kier alpha value is -4.67. The molecule has 0 radical (unpaired) electrons. The predicted octanol–water partition coefficient (Wildman–Crippen LogP) is 2.34. The maximum atomic E-state index is 15.8. The van der Waals surface area contributed by atoms with Gasteiger partial charge >= 0.3 is 5.97 Å². The van der Waals surface area contributed by atoms with Crippen LogP contribution >= 0.6 is 0 Å². The lowest BCUT2D eigenvalue weighted by Gasteiger charge is -2.56. The summed E-state index contributed by atoms with van der Waals surface area (Å²) < 4.78 is 0. The van der Waals surface area contributed by atoms with Crippen molar-refractivity contribution in [1.29, 1.82) is 0 Å². The summed E-state index contributed by atoms with van der Waals surface area (Å²) in [7, 11) is 0. The fraction of sp³-hybridized carbons (Fsp3) is 0.558. The Bertz CT molecular complexity index is 1750. The second-order valence-electron chi connectivity index (χ2n) is 16.2. The lowest BCUT2D eigenvalue weighted by atomic mass is 9.47. The number of aromatic hydroxyl groups is 1. The largest absolute Gasteiger partial charge is 0.508 e. The number of unbranched alkanes of at least 4 members (excludes halogenated alkanes) is 2. The number of hydrogen-bond donors (Lipinski definition) is 7. The normalized spacial score (nSPS) is 16.5. The van der Waals surface area contributed by atoms with E-state index in [-0.39, 0.29) is 48.5 Å². The minimum Gasteiger partial charge on any atom is -0.508 e. The summed E-state index contributed by atoms with van der Waals surface area (Å²) >= 11 is 0. The van der Waals surface area contributed by atoms with Crippen molar-refractivity contribution in [3.8, 4) is 5.75 Å². The number of aliphatic carboxylic acids is 1. The SMILES string of the molecule is CCCCC(N)C(=O)N(C(=O)C(N)Cc1ccc(O)cc1)C(C(=O)O)(C(=O)C(N)Cc1ccccc1)C(C(=O)C(N)CCCC)(C(=O)C(N)CC(C)C)C(C)(C)C=O. The number of phenolic OH excluding ortho intramolecular Hbond substituents is 1. The lowest BCUT2D eigenvalue weighted by molar-refractivity contribution is -0.195. The number of carbonyl (C=O) groups is 7. The maximum Gasteiger partial charge on any atom is 0.339 e. The third kappa shape index (κ3) is 10.3. The van der Waals surface area contributed by atoms with E-state index in [1.807, 2.05) is 0 Å². The van der Waals surface area contributed by atoms with Crippen LogP contribution in [0, 0.1) is 16.7 Å². The first-order valence-corrected chi connectivity index (χ1v) is 19.9. The lowest BCUT2D eigenvalue weighted by Crippen LogP contribution is -2.84. The van der Waals surface area contributed by atoms with Gasteiger partial charge in [0.05, 0.1) is 30.2 Å². The van der Waals surface area contributed by atoms with Crippen LogP contribution in [0.2, 0.25) is 0 Å². The van der Waals surface area contributed by atoms with E-state index in [2.05, 4.69) is 0 Å². The second-order valence-corrected chi connectivity index (χ2v) is 16.2. The molecule has 0 aliphatic rings. The number of imide groups is 1. The first-order valence-electron chi connectivity index (χ1n) is 19.9. The van der Waals surface area contributed by atoms with Gasteiger partial charge in [-0.15, -0.1) is 0 Å². The van der Waals surface area contributed by atoms with Gasteiger partial charge in [0.25, 0.3) is 0 Å².